The first kappa shape index (κ1) is 20.4. The molecule has 0 amide bonds. The third-order valence-electron chi connectivity index (χ3n) is 5.06. The fourth-order valence-corrected chi connectivity index (χ4v) is 3.39. The van der Waals surface area contributed by atoms with Gasteiger partial charge in [-0.05, 0) is 12.8 Å². The molecule has 0 atom stereocenters. The fraction of sp³-hybridized carbons (Fsp3) is 0.192. The second-order valence-electron chi connectivity index (χ2n) is 7.08. The van der Waals surface area contributed by atoms with Gasteiger partial charge in [0.1, 0.15) is 0 Å². The Labute approximate surface area is 171 Å². The van der Waals surface area contributed by atoms with Gasteiger partial charge >= 0.3 is 0 Å². The van der Waals surface area contributed by atoms with Crippen LogP contribution in [-0.2, 0) is 0 Å². The maximum Gasteiger partial charge on any atom is 0.165 e. The lowest BCUT2D eigenvalue weighted by molar-refractivity contribution is 0.0878. The Bertz CT molecular complexity index is 892. The topological polar surface area (TPSA) is 51.2 Å². The van der Waals surface area contributed by atoms with Gasteiger partial charge in [-0.15, -0.1) is 0 Å². The van der Waals surface area contributed by atoms with E-state index in [0.29, 0.717) is 29.5 Å². The minimum absolute atomic E-state index is 0.00711. The molecular formula is C26H24O3. The van der Waals surface area contributed by atoms with E-state index >= 15 is 0 Å². The third kappa shape index (κ3) is 5.82. The van der Waals surface area contributed by atoms with Crippen LogP contribution in [-0.4, -0.2) is 17.3 Å². The van der Waals surface area contributed by atoms with Crippen molar-refractivity contribution in [3.05, 3.63) is 108 Å². The predicted molar refractivity (Wildman–Crippen MR) is 114 cm³/mol. The van der Waals surface area contributed by atoms with Crippen LogP contribution in [0.25, 0.3) is 0 Å². The third-order valence-corrected chi connectivity index (χ3v) is 5.06. The van der Waals surface area contributed by atoms with Crippen LogP contribution in [0.15, 0.2) is 91.0 Å². The highest BCUT2D eigenvalue weighted by Crippen LogP contribution is 2.22. The Morgan fingerprint density at radius 1 is 0.517 bits per heavy atom. The molecule has 0 N–H and O–H groups in total. The second kappa shape index (κ2) is 10.3. The second-order valence-corrected chi connectivity index (χ2v) is 7.08. The summed E-state index contributed by atoms with van der Waals surface area (Å²) in [6.07, 6.45) is 1.44. The summed E-state index contributed by atoms with van der Waals surface area (Å²) in [6.45, 7) is 0. The van der Waals surface area contributed by atoms with Crippen LogP contribution in [0.4, 0.5) is 0 Å². The Balaban J connectivity index is 1.68. The molecule has 3 heteroatoms. The largest absolute Gasteiger partial charge is 0.294 e. The summed E-state index contributed by atoms with van der Waals surface area (Å²) in [7, 11) is 0. The Kier molecular flexibility index (Phi) is 7.23. The molecule has 146 valence electrons. The molecule has 0 saturated heterocycles. The molecule has 0 aromatic heterocycles. The van der Waals surface area contributed by atoms with Gasteiger partial charge in [0.25, 0.3) is 0 Å². The first-order chi connectivity index (χ1) is 14.1. The number of rotatable bonds is 10. The van der Waals surface area contributed by atoms with Crippen molar-refractivity contribution in [2.75, 3.05) is 0 Å². The van der Waals surface area contributed by atoms with Crippen LogP contribution < -0.4 is 0 Å². The minimum Gasteiger partial charge on any atom is -0.294 e. The van der Waals surface area contributed by atoms with Crippen LogP contribution in [0.3, 0.4) is 0 Å². The summed E-state index contributed by atoms with van der Waals surface area (Å²) in [5.41, 5.74) is 1.93. The van der Waals surface area contributed by atoms with Crippen LogP contribution >= 0.6 is 0 Å². The van der Waals surface area contributed by atoms with Crippen molar-refractivity contribution in [2.45, 2.75) is 25.7 Å². The normalized spacial score (nSPS) is 10.7. The monoisotopic (exact) mass is 384 g/mol. The lowest BCUT2D eigenvalue weighted by Gasteiger charge is -2.15. The molecule has 0 fully saturated rings. The van der Waals surface area contributed by atoms with Crippen molar-refractivity contribution in [1.82, 2.24) is 0 Å². The summed E-state index contributed by atoms with van der Waals surface area (Å²) in [5.74, 6) is -0.332. The van der Waals surface area contributed by atoms with E-state index in [1.807, 2.05) is 54.6 Å². The summed E-state index contributed by atoms with van der Waals surface area (Å²) < 4.78 is 0. The van der Waals surface area contributed by atoms with Crippen molar-refractivity contribution in [2.24, 2.45) is 5.92 Å². The molecule has 0 radical (unpaired) electrons. The van der Waals surface area contributed by atoms with Gasteiger partial charge in [-0.2, -0.15) is 0 Å². The average molecular weight is 384 g/mol. The molecule has 0 aliphatic heterocycles. The molecule has 0 heterocycles. The van der Waals surface area contributed by atoms with Gasteiger partial charge < -0.3 is 0 Å². The van der Waals surface area contributed by atoms with Crippen LogP contribution in [0.1, 0.15) is 56.8 Å². The van der Waals surface area contributed by atoms with Crippen LogP contribution in [0, 0.1) is 5.92 Å². The molecule has 29 heavy (non-hydrogen) atoms. The van der Waals surface area contributed by atoms with Gasteiger partial charge in [0.2, 0.25) is 0 Å². The van der Waals surface area contributed by atoms with Gasteiger partial charge in [0.15, 0.2) is 17.3 Å². The standard InChI is InChI=1S/C26H24O3/c27-24(20-10-4-1-5-11-20)18-16-23(26(29)22-14-8-3-9-15-22)17-19-25(28)21-12-6-2-7-13-21/h1-15,23H,16-19H2. The summed E-state index contributed by atoms with van der Waals surface area (Å²) >= 11 is 0. The van der Waals surface area contributed by atoms with Gasteiger partial charge in [0.05, 0.1) is 0 Å². The molecule has 0 spiro atoms. The van der Waals surface area contributed by atoms with E-state index < -0.39 is 0 Å². The molecule has 3 aromatic carbocycles. The number of carbonyl (C=O) groups is 3. The Morgan fingerprint density at radius 2 is 0.862 bits per heavy atom. The number of Topliss-reactive ketones (excluding diaryl/α,β-unsaturated/α-hetero) is 3. The zero-order chi connectivity index (χ0) is 20.5. The van der Waals surface area contributed by atoms with Crippen LogP contribution in [0.2, 0.25) is 0 Å². The summed E-state index contributed by atoms with van der Waals surface area (Å²) in [6, 6.07) is 27.3. The molecule has 0 aliphatic rings. The SMILES string of the molecule is O=C(CCC(CCC(=O)c1ccccc1)C(=O)c1ccccc1)c1ccccc1. The molecule has 0 aliphatic carbocycles. The number of ketones is 3. The Hall–Kier alpha value is -3.33. The number of hydrogen-bond donors (Lipinski definition) is 0. The quantitative estimate of drug-likeness (QED) is 0.414. The van der Waals surface area contributed by atoms with Gasteiger partial charge in [-0.3, -0.25) is 14.4 Å². The summed E-state index contributed by atoms with van der Waals surface area (Å²) in [4.78, 5) is 38.0. The zero-order valence-electron chi connectivity index (χ0n) is 16.3. The first-order valence-corrected chi connectivity index (χ1v) is 9.91. The van der Waals surface area contributed by atoms with Crippen LogP contribution in [0.5, 0.6) is 0 Å². The molecule has 3 aromatic rings. The Morgan fingerprint density at radius 3 is 1.24 bits per heavy atom. The highest BCUT2D eigenvalue weighted by molar-refractivity contribution is 6.00. The van der Waals surface area contributed by atoms with E-state index in [0.717, 1.165) is 0 Å². The van der Waals surface area contributed by atoms with E-state index in [-0.39, 0.29) is 36.1 Å². The van der Waals surface area contributed by atoms with E-state index in [1.54, 1.807) is 36.4 Å². The molecule has 3 nitrogen and oxygen atoms in total. The first-order valence-electron chi connectivity index (χ1n) is 9.91. The van der Waals surface area contributed by atoms with Crippen molar-refractivity contribution >= 4 is 17.3 Å². The maximum absolute atomic E-state index is 13.0. The predicted octanol–water partition coefficient (Wildman–Crippen LogP) is 5.81. The maximum atomic E-state index is 13.0. The van der Waals surface area contributed by atoms with Crippen molar-refractivity contribution in [3.8, 4) is 0 Å². The number of hydrogen-bond acceptors (Lipinski definition) is 3. The van der Waals surface area contributed by atoms with Crippen molar-refractivity contribution in [1.29, 1.82) is 0 Å². The minimum atomic E-state index is -0.363. The van der Waals surface area contributed by atoms with Gasteiger partial charge in [-0.1, -0.05) is 91.0 Å². The lowest BCUT2D eigenvalue weighted by Crippen LogP contribution is -2.18. The average Bonchev–Trinajstić information content (AvgIpc) is 2.80. The van der Waals surface area contributed by atoms with E-state index in [2.05, 4.69) is 0 Å². The number of benzene rings is 3. The molecular weight excluding hydrogens is 360 g/mol. The lowest BCUT2D eigenvalue weighted by atomic mass is 9.87. The fourth-order valence-electron chi connectivity index (χ4n) is 3.39. The zero-order valence-corrected chi connectivity index (χ0v) is 16.3. The van der Waals surface area contributed by atoms with Crippen molar-refractivity contribution < 1.29 is 14.4 Å². The molecule has 0 unspecified atom stereocenters. The highest BCUT2D eigenvalue weighted by Gasteiger charge is 2.22. The van der Waals surface area contributed by atoms with E-state index in [4.69, 9.17) is 0 Å². The van der Waals surface area contributed by atoms with Gasteiger partial charge in [-0.25, -0.2) is 0 Å². The molecule has 0 saturated carbocycles. The highest BCUT2D eigenvalue weighted by atomic mass is 16.1. The van der Waals surface area contributed by atoms with E-state index in [1.165, 1.54) is 0 Å². The smallest absolute Gasteiger partial charge is 0.165 e. The van der Waals surface area contributed by atoms with Crippen molar-refractivity contribution in [3.63, 3.8) is 0 Å². The number of carbonyl (C=O) groups excluding carboxylic acids is 3. The molecule has 3 rings (SSSR count). The molecule has 0 bridgehead atoms. The van der Waals surface area contributed by atoms with Gasteiger partial charge in [0, 0.05) is 35.4 Å². The van der Waals surface area contributed by atoms with E-state index in [9.17, 15) is 14.4 Å². The summed E-state index contributed by atoms with van der Waals surface area (Å²) in [5, 5.41) is 0.